The fraction of sp³-hybridized carbons (Fsp3) is 1.00. The van der Waals surface area contributed by atoms with Crippen LogP contribution in [0.2, 0.25) is 0 Å². The van der Waals surface area contributed by atoms with Gasteiger partial charge in [0.05, 0.1) is 0 Å². The Morgan fingerprint density at radius 3 is 2.04 bits per heavy atom. The molecule has 1 spiro atoms. The van der Waals surface area contributed by atoms with E-state index in [1.807, 2.05) is 0 Å². The van der Waals surface area contributed by atoms with Crippen molar-refractivity contribution in [3.63, 3.8) is 0 Å². The minimum atomic E-state index is 0.733. The number of nitrogens with zero attached hydrogens (tertiary/aromatic N) is 1. The third kappa shape index (κ3) is 6.54. The summed E-state index contributed by atoms with van der Waals surface area (Å²) in [6.45, 7) is 5.99. The SMILES string of the molecule is CCCCC(CCCC)CCCN(C)C1CCC2(CC1)CC(NC)C2. The van der Waals surface area contributed by atoms with E-state index in [4.69, 9.17) is 0 Å². The van der Waals surface area contributed by atoms with Crippen LogP contribution in [0.4, 0.5) is 0 Å². The smallest absolute Gasteiger partial charge is 0.00926 e. The molecule has 148 valence electrons. The molecule has 0 amide bonds. The summed E-state index contributed by atoms with van der Waals surface area (Å²) in [4.78, 5) is 2.71. The zero-order valence-corrected chi connectivity index (χ0v) is 17.8. The Labute approximate surface area is 158 Å². The second-order valence-electron chi connectivity index (χ2n) is 9.40. The average molecular weight is 351 g/mol. The zero-order valence-electron chi connectivity index (χ0n) is 17.8. The van der Waals surface area contributed by atoms with Gasteiger partial charge in [-0.3, -0.25) is 0 Å². The minimum Gasteiger partial charge on any atom is -0.317 e. The lowest BCUT2D eigenvalue weighted by molar-refractivity contribution is 0.0125. The van der Waals surface area contributed by atoms with Crippen LogP contribution in [-0.4, -0.2) is 37.6 Å². The highest BCUT2D eigenvalue weighted by Gasteiger charge is 2.45. The first-order valence-electron chi connectivity index (χ1n) is 11.5. The summed E-state index contributed by atoms with van der Waals surface area (Å²) in [6, 6.07) is 1.68. The van der Waals surface area contributed by atoms with E-state index in [1.165, 1.54) is 96.4 Å². The number of rotatable bonds is 12. The Kier molecular flexibility index (Phi) is 9.27. The molecule has 2 heteroatoms. The average Bonchev–Trinajstić information content (AvgIpc) is 2.61. The van der Waals surface area contributed by atoms with Gasteiger partial charge in [0, 0.05) is 12.1 Å². The molecule has 25 heavy (non-hydrogen) atoms. The predicted molar refractivity (Wildman–Crippen MR) is 111 cm³/mol. The van der Waals surface area contributed by atoms with Crippen LogP contribution >= 0.6 is 0 Å². The lowest BCUT2D eigenvalue weighted by Crippen LogP contribution is -2.51. The first-order valence-corrected chi connectivity index (χ1v) is 11.5. The monoisotopic (exact) mass is 350 g/mol. The van der Waals surface area contributed by atoms with Gasteiger partial charge in [0.15, 0.2) is 0 Å². The Morgan fingerprint density at radius 2 is 1.52 bits per heavy atom. The van der Waals surface area contributed by atoms with Gasteiger partial charge in [-0.1, -0.05) is 52.4 Å². The summed E-state index contributed by atoms with van der Waals surface area (Å²) < 4.78 is 0. The Morgan fingerprint density at radius 1 is 0.960 bits per heavy atom. The summed E-state index contributed by atoms with van der Waals surface area (Å²) in [5, 5.41) is 3.46. The molecule has 0 saturated heterocycles. The van der Waals surface area contributed by atoms with Gasteiger partial charge in [-0.25, -0.2) is 0 Å². The van der Waals surface area contributed by atoms with Gasteiger partial charge < -0.3 is 10.2 Å². The maximum atomic E-state index is 3.46. The van der Waals surface area contributed by atoms with E-state index >= 15 is 0 Å². The number of nitrogens with one attached hydrogen (secondary N) is 1. The van der Waals surface area contributed by atoms with E-state index in [1.54, 1.807) is 0 Å². The predicted octanol–water partition coefficient (Wildman–Crippen LogP) is 6.01. The first kappa shape index (κ1) is 21.2. The molecule has 2 fully saturated rings. The molecule has 0 atom stereocenters. The van der Waals surface area contributed by atoms with Crippen molar-refractivity contribution in [1.82, 2.24) is 10.2 Å². The highest BCUT2D eigenvalue weighted by Crippen LogP contribution is 2.52. The summed E-state index contributed by atoms with van der Waals surface area (Å²) in [7, 11) is 4.53. The molecule has 0 aliphatic heterocycles. The van der Waals surface area contributed by atoms with Crippen LogP contribution in [-0.2, 0) is 0 Å². The molecular weight excluding hydrogens is 304 g/mol. The lowest BCUT2D eigenvalue weighted by Gasteiger charge is -2.52. The molecule has 2 aliphatic carbocycles. The van der Waals surface area contributed by atoms with E-state index in [2.05, 4.69) is 38.2 Å². The zero-order chi connectivity index (χ0) is 18.1. The van der Waals surface area contributed by atoms with Crippen LogP contribution in [0.25, 0.3) is 0 Å². The molecule has 0 unspecified atom stereocenters. The van der Waals surface area contributed by atoms with Gasteiger partial charge in [0.2, 0.25) is 0 Å². The van der Waals surface area contributed by atoms with Crippen LogP contribution in [0.5, 0.6) is 0 Å². The summed E-state index contributed by atoms with van der Waals surface area (Å²) in [6.07, 6.45) is 20.1. The fourth-order valence-corrected chi connectivity index (χ4v) is 5.48. The Bertz CT molecular complexity index is 330. The molecule has 0 aromatic heterocycles. The van der Waals surface area contributed by atoms with Crippen LogP contribution in [0.15, 0.2) is 0 Å². The molecule has 2 saturated carbocycles. The van der Waals surface area contributed by atoms with E-state index in [0.717, 1.165) is 23.4 Å². The second kappa shape index (κ2) is 10.9. The quantitative estimate of drug-likeness (QED) is 0.464. The molecule has 0 bridgehead atoms. The van der Waals surface area contributed by atoms with Gasteiger partial charge in [0.25, 0.3) is 0 Å². The number of unbranched alkanes of at least 4 members (excludes halogenated alkanes) is 2. The highest BCUT2D eigenvalue weighted by molar-refractivity contribution is 5.00. The largest absolute Gasteiger partial charge is 0.317 e. The third-order valence-electron chi connectivity index (χ3n) is 7.46. The van der Waals surface area contributed by atoms with Gasteiger partial charge in [-0.2, -0.15) is 0 Å². The van der Waals surface area contributed by atoms with E-state index < -0.39 is 0 Å². The molecule has 2 rings (SSSR count). The van der Waals surface area contributed by atoms with Crippen molar-refractivity contribution in [2.24, 2.45) is 11.3 Å². The Hall–Kier alpha value is -0.0800. The molecule has 0 radical (unpaired) electrons. The fourth-order valence-electron chi connectivity index (χ4n) is 5.48. The summed E-state index contributed by atoms with van der Waals surface area (Å²) in [5.41, 5.74) is 0.733. The lowest BCUT2D eigenvalue weighted by atomic mass is 9.57. The molecule has 2 nitrogen and oxygen atoms in total. The molecular formula is C23H46N2. The van der Waals surface area contributed by atoms with E-state index in [-0.39, 0.29) is 0 Å². The van der Waals surface area contributed by atoms with Gasteiger partial charge >= 0.3 is 0 Å². The first-order chi connectivity index (χ1) is 12.1. The van der Waals surface area contributed by atoms with Crippen molar-refractivity contribution < 1.29 is 0 Å². The summed E-state index contributed by atoms with van der Waals surface area (Å²) in [5.74, 6) is 0.997. The van der Waals surface area contributed by atoms with Crippen LogP contribution in [0.1, 0.15) is 104 Å². The molecule has 1 N–H and O–H groups in total. The van der Waals surface area contributed by atoms with E-state index in [0.29, 0.717) is 0 Å². The van der Waals surface area contributed by atoms with Gasteiger partial charge in [-0.15, -0.1) is 0 Å². The topological polar surface area (TPSA) is 15.3 Å². The van der Waals surface area contributed by atoms with Crippen LogP contribution in [0, 0.1) is 11.3 Å². The maximum absolute atomic E-state index is 3.46. The molecule has 0 aromatic rings. The van der Waals surface area contributed by atoms with Crippen LogP contribution in [0.3, 0.4) is 0 Å². The third-order valence-corrected chi connectivity index (χ3v) is 7.46. The minimum absolute atomic E-state index is 0.733. The highest BCUT2D eigenvalue weighted by atomic mass is 15.1. The van der Waals surface area contributed by atoms with Crippen molar-refractivity contribution in [3.05, 3.63) is 0 Å². The molecule has 2 aliphatic rings. The van der Waals surface area contributed by atoms with Crippen molar-refractivity contribution in [2.45, 2.75) is 116 Å². The van der Waals surface area contributed by atoms with Gasteiger partial charge in [0.1, 0.15) is 0 Å². The van der Waals surface area contributed by atoms with Gasteiger partial charge in [-0.05, 0) is 83.3 Å². The molecule has 0 aromatic carbocycles. The van der Waals surface area contributed by atoms with Crippen LogP contribution < -0.4 is 5.32 Å². The maximum Gasteiger partial charge on any atom is 0.00926 e. The van der Waals surface area contributed by atoms with E-state index in [9.17, 15) is 0 Å². The number of hydrogen-bond acceptors (Lipinski definition) is 2. The summed E-state index contributed by atoms with van der Waals surface area (Å²) >= 11 is 0. The second-order valence-corrected chi connectivity index (χ2v) is 9.40. The van der Waals surface area contributed by atoms with Crippen molar-refractivity contribution in [1.29, 1.82) is 0 Å². The van der Waals surface area contributed by atoms with Crippen molar-refractivity contribution in [2.75, 3.05) is 20.6 Å². The Balaban J connectivity index is 1.62. The number of hydrogen-bond donors (Lipinski definition) is 1. The molecule has 0 heterocycles. The standard InChI is InChI=1S/C23H46N2/c1-5-7-10-20(11-8-6-2)12-9-17-25(4)22-13-15-23(16-14-22)18-21(19-23)24-3/h20-22,24H,5-19H2,1-4H3. The van der Waals surface area contributed by atoms with Crippen molar-refractivity contribution >= 4 is 0 Å². The normalized spacial score (nSPS) is 29.5. The van der Waals surface area contributed by atoms with Crippen molar-refractivity contribution in [3.8, 4) is 0 Å².